The first-order chi connectivity index (χ1) is 9.72. The summed E-state index contributed by atoms with van der Waals surface area (Å²) in [6.07, 6.45) is 0.824. The summed E-state index contributed by atoms with van der Waals surface area (Å²) in [6.45, 7) is 6.29. The molecule has 112 valence electrons. The Kier molecular flexibility index (Phi) is 5.83. The quantitative estimate of drug-likeness (QED) is 0.776. The minimum atomic E-state index is -0.224. The van der Waals surface area contributed by atoms with Crippen LogP contribution < -0.4 is 10.2 Å². The van der Waals surface area contributed by atoms with E-state index in [-0.39, 0.29) is 6.10 Å². The molecule has 0 saturated carbocycles. The number of nitrogens with one attached hydrogen (secondary N) is 1. The van der Waals surface area contributed by atoms with Crippen LogP contribution in [0.2, 0.25) is 0 Å². The van der Waals surface area contributed by atoms with Gasteiger partial charge in [-0.25, -0.2) is 0 Å². The first-order valence-corrected chi connectivity index (χ1v) is 7.43. The SMILES string of the molecule is COCCNCc1ccccc1N1CCC(C)C(O)C1. The Labute approximate surface area is 121 Å². The number of nitrogens with zero attached hydrogens (tertiary/aromatic N) is 1. The Morgan fingerprint density at radius 1 is 1.40 bits per heavy atom. The van der Waals surface area contributed by atoms with Gasteiger partial charge in [-0.2, -0.15) is 0 Å². The normalized spacial score (nSPS) is 23.1. The topological polar surface area (TPSA) is 44.7 Å². The summed E-state index contributed by atoms with van der Waals surface area (Å²) >= 11 is 0. The fourth-order valence-electron chi connectivity index (χ4n) is 2.63. The predicted octanol–water partition coefficient (Wildman–Crippen LogP) is 1.63. The lowest BCUT2D eigenvalue weighted by Crippen LogP contribution is -2.43. The third kappa shape index (κ3) is 3.95. The largest absolute Gasteiger partial charge is 0.391 e. The van der Waals surface area contributed by atoms with Gasteiger partial charge in [-0.05, 0) is 24.0 Å². The zero-order valence-corrected chi connectivity index (χ0v) is 12.5. The minimum Gasteiger partial charge on any atom is -0.391 e. The number of methoxy groups -OCH3 is 1. The van der Waals surface area contributed by atoms with Crippen molar-refractivity contribution in [1.29, 1.82) is 0 Å². The number of hydrogen-bond donors (Lipinski definition) is 2. The van der Waals surface area contributed by atoms with Crippen LogP contribution in [0.5, 0.6) is 0 Å². The second-order valence-corrected chi connectivity index (χ2v) is 5.58. The fraction of sp³-hybridized carbons (Fsp3) is 0.625. The van der Waals surface area contributed by atoms with Crippen LogP contribution in [-0.4, -0.2) is 44.6 Å². The van der Waals surface area contributed by atoms with Crippen molar-refractivity contribution in [2.75, 3.05) is 38.3 Å². The summed E-state index contributed by atoms with van der Waals surface area (Å²) in [5.74, 6) is 0.401. The van der Waals surface area contributed by atoms with Crippen molar-refractivity contribution >= 4 is 5.69 Å². The molecule has 2 atom stereocenters. The molecule has 1 fully saturated rings. The molecule has 2 rings (SSSR count). The molecule has 20 heavy (non-hydrogen) atoms. The van der Waals surface area contributed by atoms with Gasteiger partial charge < -0.3 is 20.1 Å². The van der Waals surface area contributed by atoms with Crippen LogP contribution in [0.4, 0.5) is 5.69 Å². The third-order valence-corrected chi connectivity index (χ3v) is 4.05. The van der Waals surface area contributed by atoms with E-state index in [0.717, 1.165) is 39.2 Å². The van der Waals surface area contributed by atoms with E-state index in [2.05, 4.69) is 41.4 Å². The van der Waals surface area contributed by atoms with E-state index in [1.54, 1.807) is 7.11 Å². The molecule has 0 amide bonds. The highest BCUT2D eigenvalue weighted by Gasteiger charge is 2.25. The molecular weight excluding hydrogens is 252 g/mol. The fourth-order valence-corrected chi connectivity index (χ4v) is 2.63. The Balaban J connectivity index is 2.00. The summed E-state index contributed by atoms with van der Waals surface area (Å²) in [5, 5.41) is 13.5. The van der Waals surface area contributed by atoms with Crippen LogP contribution >= 0.6 is 0 Å². The third-order valence-electron chi connectivity index (χ3n) is 4.05. The van der Waals surface area contributed by atoms with E-state index in [4.69, 9.17) is 4.74 Å². The van der Waals surface area contributed by atoms with Crippen LogP contribution in [-0.2, 0) is 11.3 Å². The van der Waals surface area contributed by atoms with Crippen molar-refractivity contribution in [2.45, 2.75) is 26.0 Å². The highest BCUT2D eigenvalue weighted by Crippen LogP contribution is 2.26. The monoisotopic (exact) mass is 278 g/mol. The zero-order valence-electron chi connectivity index (χ0n) is 12.5. The molecule has 0 aromatic heterocycles. The number of rotatable bonds is 6. The predicted molar refractivity (Wildman–Crippen MR) is 82.0 cm³/mol. The number of β-amino-alcohol motifs (C(OH)–C–C–N with tert-alkyl or cyclic N) is 1. The summed E-state index contributed by atoms with van der Waals surface area (Å²) in [5.41, 5.74) is 2.52. The number of anilines is 1. The molecule has 2 N–H and O–H groups in total. The number of ether oxygens (including phenoxy) is 1. The molecule has 4 nitrogen and oxygen atoms in total. The molecule has 2 unspecified atom stereocenters. The van der Waals surface area contributed by atoms with Crippen LogP contribution in [0.3, 0.4) is 0 Å². The molecule has 1 aliphatic rings. The molecular formula is C16H26N2O2. The van der Waals surface area contributed by atoms with E-state index >= 15 is 0 Å². The molecule has 1 aromatic rings. The van der Waals surface area contributed by atoms with Gasteiger partial charge in [-0.15, -0.1) is 0 Å². The highest BCUT2D eigenvalue weighted by atomic mass is 16.5. The van der Waals surface area contributed by atoms with Gasteiger partial charge in [0.05, 0.1) is 12.7 Å². The van der Waals surface area contributed by atoms with Crippen LogP contribution in [0, 0.1) is 5.92 Å². The summed E-state index contributed by atoms with van der Waals surface area (Å²) in [4.78, 5) is 2.30. The van der Waals surface area contributed by atoms with Gasteiger partial charge in [0.15, 0.2) is 0 Å². The van der Waals surface area contributed by atoms with Crippen molar-refractivity contribution < 1.29 is 9.84 Å². The standard InChI is InChI=1S/C16H26N2O2/c1-13-7-9-18(12-16(13)19)15-6-4-3-5-14(15)11-17-8-10-20-2/h3-6,13,16-17,19H,7-12H2,1-2H3. The smallest absolute Gasteiger partial charge is 0.0741 e. The van der Waals surface area contributed by atoms with Crippen LogP contribution in [0.15, 0.2) is 24.3 Å². The maximum atomic E-state index is 10.1. The van der Waals surface area contributed by atoms with Crippen molar-refractivity contribution in [1.82, 2.24) is 5.32 Å². The van der Waals surface area contributed by atoms with E-state index < -0.39 is 0 Å². The summed E-state index contributed by atoms with van der Waals surface area (Å²) < 4.78 is 5.05. The summed E-state index contributed by atoms with van der Waals surface area (Å²) in [6, 6.07) is 8.44. The second-order valence-electron chi connectivity index (χ2n) is 5.58. The van der Waals surface area contributed by atoms with Crippen molar-refractivity contribution in [3.63, 3.8) is 0 Å². The van der Waals surface area contributed by atoms with Crippen molar-refractivity contribution in [2.24, 2.45) is 5.92 Å². The molecule has 1 saturated heterocycles. The maximum Gasteiger partial charge on any atom is 0.0741 e. The zero-order chi connectivity index (χ0) is 14.4. The van der Waals surface area contributed by atoms with E-state index in [9.17, 15) is 5.11 Å². The molecule has 0 bridgehead atoms. The highest BCUT2D eigenvalue weighted by molar-refractivity contribution is 5.54. The van der Waals surface area contributed by atoms with Gasteiger partial charge >= 0.3 is 0 Å². The van der Waals surface area contributed by atoms with Gasteiger partial charge in [0.1, 0.15) is 0 Å². The molecule has 1 aliphatic heterocycles. The van der Waals surface area contributed by atoms with Gasteiger partial charge in [0.25, 0.3) is 0 Å². The lowest BCUT2D eigenvalue weighted by molar-refractivity contribution is 0.103. The van der Waals surface area contributed by atoms with E-state index in [1.165, 1.54) is 11.3 Å². The van der Waals surface area contributed by atoms with Gasteiger partial charge in [-0.1, -0.05) is 25.1 Å². The number of aliphatic hydroxyl groups is 1. The average molecular weight is 278 g/mol. The van der Waals surface area contributed by atoms with E-state index in [1.807, 2.05) is 0 Å². The Morgan fingerprint density at radius 3 is 2.95 bits per heavy atom. The summed E-state index contributed by atoms with van der Waals surface area (Å²) in [7, 11) is 1.71. The Morgan fingerprint density at radius 2 is 2.20 bits per heavy atom. The Bertz CT molecular complexity index is 411. The lowest BCUT2D eigenvalue weighted by atomic mass is 9.95. The van der Waals surface area contributed by atoms with Crippen molar-refractivity contribution in [3.8, 4) is 0 Å². The molecule has 4 heteroatoms. The average Bonchev–Trinajstić information content (AvgIpc) is 2.47. The van der Waals surface area contributed by atoms with E-state index in [0.29, 0.717) is 5.92 Å². The Hall–Kier alpha value is -1.10. The van der Waals surface area contributed by atoms with Gasteiger partial charge in [0.2, 0.25) is 0 Å². The molecule has 0 spiro atoms. The van der Waals surface area contributed by atoms with Crippen LogP contribution in [0.1, 0.15) is 18.9 Å². The lowest BCUT2D eigenvalue weighted by Gasteiger charge is -2.36. The first-order valence-electron chi connectivity index (χ1n) is 7.43. The molecule has 1 aromatic carbocycles. The number of aliphatic hydroxyl groups excluding tert-OH is 1. The number of hydrogen-bond acceptors (Lipinski definition) is 4. The number of benzene rings is 1. The minimum absolute atomic E-state index is 0.224. The first kappa shape index (κ1) is 15.3. The number of para-hydroxylation sites is 1. The van der Waals surface area contributed by atoms with Gasteiger partial charge in [0, 0.05) is 39.0 Å². The van der Waals surface area contributed by atoms with Crippen molar-refractivity contribution in [3.05, 3.63) is 29.8 Å². The molecule has 0 aliphatic carbocycles. The second kappa shape index (κ2) is 7.62. The number of piperidine rings is 1. The molecule has 1 heterocycles. The van der Waals surface area contributed by atoms with Gasteiger partial charge in [-0.3, -0.25) is 0 Å². The molecule has 0 radical (unpaired) electrons. The maximum absolute atomic E-state index is 10.1. The van der Waals surface area contributed by atoms with Crippen LogP contribution in [0.25, 0.3) is 0 Å².